The van der Waals surface area contributed by atoms with E-state index in [1.54, 1.807) is 11.3 Å². The van der Waals surface area contributed by atoms with Crippen molar-refractivity contribution in [3.05, 3.63) is 40.7 Å². The van der Waals surface area contributed by atoms with E-state index in [2.05, 4.69) is 12.2 Å². The molecule has 0 aliphatic heterocycles. The van der Waals surface area contributed by atoms with Crippen molar-refractivity contribution < 1.29 is 4.39 Å². The molecule has 19 heavy (non-hydrogen) atoms. The average Bonchev–Trinajstić information content (AvgIpc) is 3.18. The first kappa shape index (κ1) is 12.8. The SMILES string of the molecule is CCNCc1sc(-c2ccc(F)cc2)nc1C1CC1. The molecule has 2 nitrogen and oxygen atoms in total. The van der Waals surface area contributed by atoms with Gasteiger partial charge in [-0.05, 0) is 43.7 Å². The maximum Gasteiger partial charge on any atom is 0.123 e. The molecule has 3 rings (SSSR count). The van der Waals surface area contributed by atoms with Gasteiger partial charge in [0.05, 0.1) is 5.69 Å². The van der Waals surface area contributed by atoms with Gasteiger partial charge in [0.25, 0.3) is 0 Å². The van der Waals surface area contributed by atoms with Crippen LogP contribution in [0.15, 0.2) is 24.3 Å². The summed E-state index contributed by atoms with van der Waals surface area (Å²) in [6.45, 7) is 3.97. The van der Waals surface area contributed by atoms with Crippen LogP contribution in [-0.2, 0) is 6.54 Å². The first-order valence-corrected chi connectivity index (χ1v) is 7.56. The van der Waals surface area contributed by atoms with Gasteiger partial charge >= 0.3 is 0 Å². The van der Waals surface area contributed by atoms with Gasteiger partial charge in [-0.15, -0.1) is 11.3 Å². The van der Waals surface area contributed by atoms with Gasteiger partial charge < -0.3 is 5.32 Å². The lowest BCUT2D eigenvalue weighted by Gasteiger charge is -2.00. The van der Waals surface area contributed by atoms with E-state index in [0.717, 1.165) is 23.7 Å². The standard InChI is InChI=1S/C15H17FN2S/c1-2-17-9-13-14(10-3-4-10)18-15(19-13)11-5-7-12(16)8-6-11/h5-8,10,17H,2-4,9H2,1H3. The number of nitrogens with zero attached hydrogens (tertiary/aromatic N) is 1. The molecule has 1 aliphatic carbocycles. The highest BCUT2D eigenvalue weighted by Crippen LogP contribution is 2.44. The summed E-state index contributed by atoms with van der Waals surface area (Å²) in [4.78, 5) is 6.12. The highest BCUT2D eigenvalue weighted by atomic mass is 32.1. The molecule has 1 saturated carbocycles. The third-order valence-corrected chi connectivity index (χ3v) is 4.44. The molecular weight excluding hydrogens is 259 g/mol. The topological polar surface area (TPSA) is 24.9 Å². The van der Waals surface area contributed by atoms with Crippen molar-refractivity contribution in [3.8, 4) is 10.6 Å². The lowest BCUT2D eigenvalue weighted by molar-refractivity contribution is 0.628. The second-order valence-electron chi connectivity index (χ2n) is 4.89. The lowest BCUT2D eigenvalue weighted by atomic mass is 10.2. The van der Waals surface area contributed by atoms with E-state index in [1.807, 2.05) is 12.1 Å². The number of benzene rings is 1. The van der Waals surface area contributed by atoms with Gasteiger partial charge in [-0.2, -0.15) is 0 Å². The molecule has 0 bridgehead atoms. The van der Waals surface area contributed by atoms with Crippen LogP contribution in [0.25, 0.3) is 10.6 Å². The van der Waals surface area contributed by atoms with Crippen molar-refractivity contribution in [1.29, 1.82) is 0 Å². The van der Waals surface area contributed by atoms with Crippen LogP contribution in [0, 0.1) is 5.82 Å². The van der Waals surface area contributed by atoms with E-state index in [1.165, 1.54) is 35.5 Å². The number of halogens is 1. The predicted octanol–water partition coefficient (Wildman–Crippen LogP) is 3.94. The van der Waals surface area contributed by atoms with Gasteiger partial charge in [-0.25, -0.2) is 9.37 Å². The van der Waals surface area contributed by atoms with Gasteiger partial charge in [-0.3, -0.25) is 0 Å². The summed E-state index contributed by atoms with van der Waals surface area (Å²) in [6.07, 6.45) is 2.51. The second kappa shape index (κ2) is 5.39. The number of rotatable bonds is 5. The zero-order valence-corrected chi connectivity index (χ0v) is 11.8. The number of nitrogens with one attached hydrogen (secondary N) is 1. The smallest absolute Gasteiger partial charge is 0.123 e. The second-order valence-corrected chi connectivity index (χ2v) is 5.97. The molecule has 1 aromatic heterocycles. The maximum absolute atomic E-state index is 13.0. The Bertz CT molecular complexity index is 558. The normalized spacial score (nSPS) is 14.8. The van der Waals surface area contributed by atoms with Crippen LogP contribution < -0.4 is 5.32 Å². The molecule has 0 spiro atoms. The summed E-state index contributed by atoms with van der Waals surface area (Å²) in [6, 6.07) is 6.61. The zero-order valence-electron chi connectivity index (χ0n) is 10.9. The van der Waals surface area contributed by atoms with E-state index in [0.29, 0.717) is 5.92 Å². The largest absolute Gasteiger partial charge is 0.312 e. The van der Waals surface area contributed by atoms with Crippen LogP contribution in [0.1, 0.15) is 36.3 Å². The molecule has 100 valence electrons. The molecule has 4 heteroatoms. The van der Waals surface area contributed by atoms with Crippen molar-refractivity contribution in [2.75, 3.05) is 6.54 Å². The minimum absolute atomic E-state index is 0.199. The van der Waals surface area contributed by atoms with E-state index in [9.17, 15) is 4.39 Å². The highest BCUT2D eigenvalue weighted by Gasteiger charge is 2.29. The van der Waals surface area contributed by atoms with E-state index < -0.39 is 0 Å². The van der Waals surface area contributed by atoms with Crippen LogP contribution >= 0.6 is 11.3 Å². The Balaban J connectivity index is 1.91. The maximum atomic E-state index is 13.0. The summed E-state index contributed by atoms with van der Waals surface area (Å²) >= 11 is 1.73. The molecular formula is C15H17FN2S. The van der Waals surface area contributed by atoms with E-state index in [4.69, 9.17) is 4.98 Å². The van der Waals surface area contributed by atoms with Gasteiger partial charge in [0.2, 0.25) is 0 Å². The fraction of sp³-hybridized carbons (Fsp3) is 0.400. The molecule has 0 atom stereocenters. The fourth-order valence-corrected chi connectivity index (χ4v) is 3.24. The molecule has 0 amide bonds. The van der Waals surface area contributed by atoms with Crippen LogP contribution in [0.5, 0.6) is 0 Å². The molecule has 0 unspecified atom stereocenters. The summed E-state index contributed by atoms with van der Waals surface area (Å²) in [7, 11) is 0. The first-order valence-electron chi connectivity index (χ1n) is 6.74. The number of hydrogen-bond donors (Lipinski definition) is 1. The minimum Gasteiger partial charge on any atom is -0.312 e. The molecule has 0 saturated heterocycles. The van der Waals surface area contributed by atoms with Gasteiger partial charge in [0.1, 0.15) is 10.8 Å². The van der Waals surface area contributed by atoms with E-state index >= 15 is 0 Å². The summed E-state index contributed by atoms with van der Waals surface area (Å²) < 4.78 is 13.0. The minimum atomic E-state index is -0.199. The monoisotopic (exact) mass is 276 g/mol. The van der Waals surface area contributed by atoms with Crippen LogP contribution in [0.3, 0.4) is 0 Å². The fourth-order valence-electron chi connectivity index (χ4n) is 2.12. The Labute approximate surface area is 116 Å². The Morgan fingerprint density at radius 3 is 2.68 bits per heavy atom. The number of hydrogen-bond acceptors (Lipinski definition) is 3. The van der Waals surface area contributed by atoms with Crippen LogP contribution in [0.2, 0.25) is 0 Å². The van der Waals surface area contributed by atoms with Crippen molar-refractivity contribution in [2.45, 2.75) is 32.2 Å². The lowest BCUT2D eigenvalue weighted by Crippen LogP contribution is -2.11. The predicted molar refractivity (Wildman–Crippen MR) is 76.9 cm³/mol. The molecule has 1 heterocycles. The highest BCUT2D eigenvalue weighted by molar-refractivity contribution is 7.15. The molecule has 0 radical (unpaired) electrons. The van der Waals surface area contributed by atoms with Crippen LogP contribution in [-0.4, -0.2) is 11.5 Å². The molecule has 1 aliphatic rings. The molecule has 1 fully saturated rings. The Kier molecular flexibility index (Phi) is 3.62. The van der Waals surface area contributed by atoms with Crippen molar-refractivity contribution in [2.24, 2.45) is 0 Å². The quantitative estimate of drug-likeness (QED) is 0.895. The third-order valence-electron chi connectivity index (χ3n) is 3.32. The van der Waals surface area contributed by atoms with Gasteiger partial charge in [0.15, 0.2) is 0 Å². The molecule has 1 aromatic carbocycles. The Morgan fingerprint density at radius 2 is 2.05 bits per heavy atom. The number of thiazole rings is 1. The van der Waals surface area contributed by atoms with Crippen molar-refractivity contribution in [3.63, 3.8) is 0 Å². The first-order chi connectivity index (χ1) is 9.28. The Hall–Kier alpha value is -1.26. The molecule has 1 N–H and O–H groups in total. The van der Waals surface area contributed by atoms with Crippen LogP contribution in [0.4, 0.5) is 4.39 Å². The third kappa shape index (κ3) is 2.85. The van der Waals surface area contributed by atoms with Crippen molar-refractivity contribution in [1.82, 2.24) is 10.3 Å². The van der Waals surface area contributed by atoms with Gasteiger partial charge in [0, 0.05) is 22.9 Å². The Morgan fingerprint density at radius 1 is 1.32 bits per heavy atom. The average molecular weight is 276 g/mol. The molecule has 2 aromatic rings. The number of aromatic nitrogens is 1. The summed E-state index contributed by atoms with van der Waals surface area (Å²) in [5, 5.41) is 4.38. The van der Waals surface area contributed by atoms with Crippen molar-refractivity contribution >= 4 is 11.3 Å². The van der Waals surface area contributed by atoms with Gasteiger partial charge in [-0.1, -0.05) is 6.92 Å². The summed E-state index contributed by atoms with van der Waals surface area (Å²) in [5.74, 6) is 0.453. The van der Waals surface area contributed by atoms with E-state index in [-0.39, 0.29) is 5.82 Å². The zero-order chi connectivity index (χ0) is 13.2. The summed E-state index contributed by atoms with van der Waals surface area (Å²) in [5.41, 5.74) is 2.27.